The van der Waals surface area contributed by atoms with Gasteiger partial charge in [0.25, 0.3) is 0 Å². The zero-order valence-electron chi connectivity index (χ0n) is 14.0. The van der Waals surface area contributed by atoms with Crippen molar-refractivity contribution >= 4 is 0 Å². The monoisotopic (exact) mass is 384 g/mol. The Morgan fingerprint density at radius 2 is 1.73 bits per heavy atom. The van der Waals surface area contributed by atoms with Gasteiger partial charge in [-0.25, -0.2) is 0 Å². The molecular weight excluding hydrogens is 363 g/mol. The van der Waals surface area contributed by atoms with Gasteiger partial charge in [0, 0.05) is 0 Å². The lowest BCUT2D eigenvalue weighted by atomic mass is 9.46. The lowest BCUT2D eigenvalue weighted by Crippen LogP contribution is -2.81. The van der Waals surface area contributed by atoms with Gasteiger partial charge in [0.05, 0.1) is 12.2 Å². The topological polar surface area (TPSA) is 47.9 Å². The summed E-state index contributed by atoms with van der Waals surface area (Å²) in [6.45, 7) is 2.82. The fourth-order valence-corrected chi connectivity index (χ4v) is 5.97. The lowest BCUT2D eigenvalue weighted by Gasteiger charge is -2.67. The highest BCUT2D eigenvalue weighted by Crippen LogP contribution is 2.69. The van der Waals surface area contributed by atoms with Crippen LogP contribution >= 0.6 is 0 Å². The van der Waals surface area contributed by atoms with E-state index in [1.165, 1.54) is 0 Å². The molecule has 1 saturated heterocycles. The number of aliphatic hydroxyl groups is 1. The molecule has 4 saturated carbocycles. The highest BCUT2D eigenvalue weighted by Gasteiger charge is 2.85. The number of ether oxygens (including phenoxy) is 3. The molecule has 0 amide bonds. The SMILES string of the molecule is C=CCOC12CC3CC(C1)C1(OCOC(O)(C(F)(F)F)C1(F)F)C(C3)C2. The Kier molecular flexibility index (Phi) is 3.86. The molecule has 1 spiro atoms. The fraction of sp³-hybridized carbons (Fsp3) is 0.882. The molecule has 1 aliphatic heterocycles. The molecule has 26 heavy (non-hydrogen) atoms. The molecule has 5 aliphatic rings. The van der Waals surface area contributed by atoms with E-state index >= 15 is 8.78 Å². The van der Waals surface area contributed by atoms with Crippen molar-refractivity contribution in [3.63, 3.8) is 0 Å². The van der Waals surface area contributed by atoms with Gasteiger partial charge in [0.2, 0.25) is 0 Å². The van der Waals surface area contributed by atoms with Gasteiger partial charge < -0.3 is 19.3 Å². The van der Waals surface area contributed by atoms with Crippen LogP contribution in [-0.4, -0.2) is 47.6 Å². The molecule has 148 valence electrons. The number of halogens is 5. The lowest BCUT2D eigenvalue weighted by molar-refractivity contribution is -0.522. The van der Waals surface area contributed by atoms with Crippen LogP contribution in [-0.2, 0) is 14.2 Å². The molecule has 5 rings (SSSR count). The van der Waals surface area contributed by atoms with Crippen molar-refractivity contribution in [3.8, 4) is 0 Å². The summed E-state index contributed by atoms with van der Waals surface area (Å²) in [7, 11) is 0. The molecule has 5 fully saturated rings. The Bertz CT molecular complexity index is 590. The number of alkyl halides is 5. The summed E-state index contributed by atoms with van der Waals surface area (Å²) in [5, 5.41) is 9.87. The maximum Gasteiger partial charge on any atom is 0.449 e. The first-order valence-corrected chi connectivity index (χ1v) is 8.71. The van der Waals surface area contributed by atoms with E-state index in [1.54, 1.807) is 6.08 Å². The number of hydrogen-bond donors (Lipinski definition) is 1. The Hall–Kier alpha value is -0.770. The fourth-order valence-electron chi connectivity index (χ4n) is 5.97. The average Bonchev–Trinajstić information content (AvgIpc) is 2.52. The summed E-state index contributed by atoms with van der Waals surface area (Å²) in [4.78, 5) is 0. The molecule has 1 heterocycles. The molecule has 4 nitrogen and oxygen atoms in total. The third-order valence-corrected chi connectivity index (χ3v) is 6.72. The van der Waals surface area contributed by atoms with Crippen molar-refractivity contribution in [3.05, 3.63) is 12.7 Å². The first-order chi connectivity index (χ1) is 12.0. The minimum Gasteiger partial charge on any atom is -0.371 e. The van der Waals surface area contributed by atoms with E-state index in [9.17, 15) is 18.3 Å². The summed E-state index contributed by atoms with van der Waals surface area (Å²) in [6, 6.07) is 0. The van der Waals surface area contributed by atoms with E-state index in [2.05, 4.69) is 11.3 Å². The molecule has 9 heteroatoms. The maximum absolute atomic E-state index is 15.3. The quantitative estimate of drug-likeness (QED) is 0.599. The minimum absolute atomic E-state index is 0.101. The van der Waals surface area contributed by atoms with Gasteiger partial charge in [0.1, 0.15) is 5.60 Å². The summed E-state index contributed by atoms with van der Waals surface area (Å²) >= 11 is 0. The van der Waals surface area contributed by atoms with Gasteiger partial charge in [-0.3, -0.25) is 0 Å². The molecule has 0 radical (unpaired) electrons. The summed E-state index contributed by atoms with van der Waals surface area (Å²) in [5.41, 5.74) is -3.03. The zero-order valence-corrected chi connectivity index (χ0v) is 14.0. The largest absolute Gasteiger partial charge is 0.449 e. The molecule has 0 aromatic carbocycles. The highest BCUT2D eigenvalue weighted by molar-refractivity contribution is 5.22. The molecular formula is C17H21F5O4. The van der Waals surface area contributed by atoms with Gasteiger partial charge in [-0.05, 0) is 49.9 Å². The van der Waals surface area contributed by atoms with E-state index in [1.807, 2.05) is 0 Å². The van der Waals surface area contributed by atoms with Crippen LogP contribution in [0.4, 0.5) is 22.0 Å². The van der Waals surface area contributed by atoms with Crippen LogP contribution < -0.4 is 0 Å². The predicted molar refractivity (Wildman–Crippen MR) is 78.2 cm³/mol. The molecule has 1 N–H and O–H groups in total. The van der Waals surface area contributed by atoms with Crippen LogP contribution in [0.15, 0.2) is 12.7 Å². The van der Waals surface area contributed by atoms with E-state index < -0.39 is 47.7 Å². The minimum atomic E-state index is -5.64. The van der Waals surface area contributed by atoms with Crippen LogP contribution in [0.3, 0.4) is 0 Å². The van der Waals surface area contributed by atoms with Crippen LogP contribution in [0.25, 0.3) is 0 Å². The maximum atomic E-state index is 15.3. The molecule has 3 unspecified atom stereocenters. The van der Waals surface area contributed by atoms with E-state index in [-0.39, 0.29) is 25.4 Å². The zero-order chi connectivity index (χ0) is 19.0. The third-order valence-electron chi connectivity index (χ3n) is 6.72. The average molecular weight is 384 g/mol. The van der Waals surface area contributed by atoms with Crippen LogP contribution in [0, 0.1) is 17.8 Å². The number of rotatable bonds is 3. The normalized spacial score (nSPS) is 49.5. The highest BCUT2D eigenvalue weighted by atomic mass is 19.4. The first-order valence-electron chi connectivity index (χ1n) is 8.71. The Morgan fingerprint density at radius 1 is 1.12 bits per heavy atom. The van der Waals surface area contributed by atoms with Crippen LogP contribution in [0.5, 0.6) is 0 Å². The first kappa shape index (κ1) is 18.6. The van der Waals surface area contributed by atoms with Crippen LogP contribution in [0.1, 0.15) is 32.1 Å². The second-order valence-electron chi connectivity index (χ2n) is 8.04. The standard InChI is InChI=1S/C17H21F5O4/c1-2-3-24-13-6-10-4-11(7-13)14(12(5-10)8-13)15(18,19)16(23,17(20,21)22)26-9-25-14/h2,10-12,23H,1,3-9H2. The Balaban J connectivity index is 1.75. The molecule has 0 aromatic rings. The molecule has 4 bridgehead atoms. The van der Waals surface area contributed by atoms with Crippen molar-refractivity contribution in [2.75, 3.05) is 13.4 Å². The molecule has 4 aliphatic carbocycles. The van der Waals surface area contributed by atoms with Crippen molar-refractivity contribution in [2.24, 2.45) is 17.8 Å². The van der Waals surface area contributed by atoms with Gasteiger partial charge in [-0.15, -0.1) is 6.58 Å². The Morgan fingerprint density at radius 3 is 2.27 bits per heavy atom. The van der Waals surface area contributed by atoms with Crippen molar-refractivity contribution < 1.29 is 41.3 Å². The van der Waals surface area contributed by atoms with Gasteiger partial charge in [-0.2, -0.15) is 22.0 Å². The van der Waals surface area contributed by atoms with Gasteiger partial charge in [-0.1, -0.05) is 6.08 Å². The number of hydrogen-bond acceptors (Lipinski definition) is 4. The molecule has 0 aromatic heterocycles. The van der Waals surface area contributed by atoms with Crippen molar-refractivity contribution in [1.29, 1.82) is 0 Å². The van der Waals surface area contributed by atoms with E-state index in [0.29, 0.717) is 19.3 Å². The predicted octanol–water partition coefficient (Wildman–Crippen LogP) is 3.40. The van der Waals surface area contributed by atoms with Gasteiger partial charge >= 0.3 is 17.9 Å². The second-order valence-corrected chi connectivity index (χ2v) is 8.04. The third kappa shape index (κ3) is 2.08. The van der Waals surface area contributed by atoms with Gasteiger partial charge in [0.15, 0.2) is 6.79 Å². The summed E-state index contributed by atoms with van der Waals surface area (Å²) in [5.74, 6) is -10.8. The smallest absolute Gasteiger partial charge is 0.371 e. The van der Waals surface area contributed by atoms with E-state index in [0.717, 1.165) is 0 Å². The Labute approximate surface area is 147 Å². The summed E-state index contributed by atoms with van der Waals surface area (Å²) < 4.78 is 85.7. The van der Waals surface area contributed by atoms with Crippen molar-refractivity contribution in [2.45, 2.75) is 61.2 Å². The summed E-state index contributed by atoms with van der Waals surface area (Å²) in [6.07, 6.45) is -2.35. The van der Waals surface area contributed by atoms with Crippen LogP contribution in [0.2, 0.25) is 0 Å². The second kappa shape index (κ2) is 5.40. The molecule has 3 atom stereocenters. The van der Waals surface area contributed by atoms with E-state index in [4.69, 9.17) is 9.47 Å². The van der Waals surface area contributed by atoms with Crippen molar-refractivity contribution in [1.82, 2.24) is 0 Å².